The molecule has 2 rings (SSSR count). The van der Waals surface area contributed by atoms with Crippen LogP contribution in [0.4, 0.5) is 4.39 Å². The van der Waals surface area contributed by atoms with E-state index >= 15 is 0 Å². The Balaban J connectivity index is 2.46. The highest BCUT2D eigenvalue weighted by Gasteiger charge is 2.10. The Morgan fingerprint density at radius 2 is 2.27 bits per heavy atom. The normalized spacial score (nSPS) is 13.0. The molecule has 0 aliphatic rings. The van der Waals surface area contributed by atoms with Crippen molar-refractivity contribution in [2.24, 2.45) is 5.73 Å². The standard InChI is InChI=1S/C11H13FN2O/c1-15-8-3-2-7-4-11(9(12)6-13)14-10(7)5-8/h2-5,9,14H,6,13H2,1H3. The van der Waals surface area contributed by atoms with Crippen molar-refractivity contribution in [2.45, 2.75) is 6.17 Å². The number of nitrogens with two attached hydrogens (primary N) is 1. The molecule has 0 amide bonds. The monoisotopic (exact) mass is 208 g/mol. The molecule has 0 spiro atoms. The maximum absolute atomic E-state index is 13.3. The number of aromatic amines is 1. The molecule has 1 unspecified atom stereocenters. The first kappa shape index (κ1) is 9.98. The molecule has 0 radical (unpaired) electrons. The molecular weight excluding hydrogens is 195 g/mol. The van der Waals surface area contributed by atoms with Crippen LogP contribution in [0.25, 0.3) is 10.9 Å². The van der Waals surface area contributed by atoms with Crippen molar-refractivity contribution in [3.63, 3.8) is 0 Å². The zero-order valence-corrected chi connectivity index (χ0v) is 8.46. The summed E-state index contributed by atoms with van der Waals surface area (Å²) in [4.78, 5) is 2.99. The Labute approximate surface area is 87.0 Å². The van der Waals surface area contributed by atoms with E-state index in [9.17, 15) is 4.39 Å². The smallest absolute Gasteiger partial charge is 0.152 e. The van der Waals surface area contributed by atoms with Crippen LogP contribution < -0.4 is 10.5 Å². The molecular formula is C11H13FN2O. The fourth-order valence-electron chi connectivity index (χ4n) is 1.55. The van der Waals surface area contributed by atoms with Crippen LogP contribution in [0, 0.1) is 0 Å². The quantitative estimate of drug-likeness (QED) is 0.812. The van der Waals surface area contributed by atoms with E-state index in [2.05, 4.69) is 4.98 Å². The van der Waals surface area contributed by atoms with Crippen molar-refractivity contribution >= 4 is 10.9 Å². The minimum absolute atomic E-state index is 0.00996. The van der Waals surface area contributed by atoms with Gasteiger partial charge in [0.2, 0.25) is 0 Å². The number of alkyl halides is 1. The molecule has 2 aromatic rings. The number of methoxy groups -OCH3 is 1. The van der Waals surface area contributed by atoms with Gasteiger partial charge in [-0.05, 0) is 18.2 Å². The van der Waals surface area contributed by atoms with Gasteiger partial charge >= 0.3 is 0 Å². The summed E-state index contributed by atoms with van der Waals surface area (Å²) in [5, 5.41) is 0.960. The van der Waals surface area contributed by atoms with Crippen LogP contribution >= 0.6 is 0 Å². The number of halogens is 1. The summed E-state index contributed by atoms with van der Waals surface area (Å²) in [6.45, 7) is -0.00996. The fourth-order valence-corrected chi connectivity index (χ4v) is 1.55. The number of ether oxygens (including phenoxy) is 1. The molecule has 3 nitrogen and oxygen atoms in total. The van der Waals surface area contributed by atoms with E-state index in [0.29, 0.717) is 5.69 Å². The van der Waals surface area contributed by atoms with Crippen molar-refractivity contribution in [3.8, 4) is 5.75 Å². The molecule has 0 bridgehead atoms. The van der Waals surface area contributed by atoms with Crippen molar-refractivity contribution in [3.05, 3.63) is 30.0 Å². The average molecular weight is 208 g/mol. The highest BCUT2D eigenvalue weighted by Crippen LogP contribution is 2.24. The van der Waals surface area contributed by atoms with Crippen LogP contribution in [0.15, 0.2) is 24.3 Å². The molecule has 0 aliphatic heterocycles. The molecule has 4 heteroatoms. The number of aromatic nitrogens is 1. The summed E-state index contributed by atoms with van der Waals surface area (Å²) in [7, 11) is 1.60. The number of rotatable bonds is 3. The molecule has 1 aromatic carbocycles. The van der Waals surface area contributed by atoms with Gasteiger partial charge < -0.3 is 15.5 Å². The second kappa shape index (κ2) is 3.90. The maximum Gasteiger partial charge on any atom is 0.152 e. The lowest BCUT2D eigenvalue weighted by Gasteiger charge is -2.00. The van der Waals surface area contributed by atoms with Crippen molar-refractivity contribution in [1.29, 1.82) is 0 Å². The first-order chi connectivity index (χ1) is 7.24. The Kier molecular flexibility index (Phi) is 2.60. The minimum atomic E-state index is -1.14. The lowest BCUT2D eigenvalue weighted by Crippen LogP contribution is -2.07. The molecule has 3 N–H and O–H groups in total. The largest absolute Gasteiger partial charge is 0.497 e. The third-order valence-electron chi connectivity index (χ3n) is 2.39. The zero-order valence-electron chi connectivity index (χ0n) is 8.46. The minimum Gasteiger partial charge on any atom is -0.497 e. The first-order valence-electron chi connectivity index (χ1n) is 4.75. The Morgan fingerprint density at radius 3 is 2.93 bits per heavy atom. The predicted molar refractivity (Wildman–Crippen MR) is 57.8 cm³/mol. The number of hydrogen-bond donors (Lipinski definition) is 2. The van der Waals surface area contributed by atoms with Crippen molar-refractivity contribution in [1.82, 2.24) is 4.98 Å². The van der Waals surface area contributed by atoms with Gasteiger partial charge in [0, 0.05) is 23.5 Å². The molecule has 0 saturated carbocycles. The van der Waals surface area contributed by atoms with Crippen molar-refractivity contribution in [2.75, 3.05) is 13.7 Å². The predicted octanol–water partition coefficient (Wildman–Crippen LogP) is 2.15. The Bertz CT molecular complexity index is 467. The van der Waals surface area contributed by atoms with E-state index in [4.69, 9.17) is 10.5 Å². The van der Waals surface area contributed by atoms with Crippen LogP contribution in [0.3, 0.4) is 0 Å². The van der Waals surface area contributed by atoms with Gasteiger partial charge in [-0.1, -0.05) is 0 Å². The highest BCUT2D eigenvalue weighted by molar-refractivity contribution is 5.81. The van der Waals surface area contributed by atoms with Crippen LogP contribution in [0.1, 0.15) is 11.9 Å². The molecule has 80 valence electrons. The number of hydrogen-bond acceptors (Lipinski definition) is 2. The average Bonchev–Trinajstić information content (AvgIpc) is 2.70. The van der Waals surface area contributed by atoms with Crippen LogP contribution in [0.5, 0.6) is 5.75 Å². The molecule has 0 saturated heterocycles. The summed E-state index contributed by atoms with van der Waals surface area (Å²) in [5.74, 6) is 0.749. The fraction of sp³-hybridized carbons (Fsp3) is 0.273. The number of H-pyrrole nitrogens is 1. The first-order valence-corrected chi connectivity index (χ1v) is 4.75. The van der Waals surface area contributed by atoms with Gasteiger partial charge in [0.25, 0.3) is 0 Å². The van der Waals surface area contributed by atoms with Gasteiger partial charge in [-0.15, -0.1) is 0 Å². The summed E-state index contributed by atoms with van der Waals surface area (Å²) < 4.78 is 18.4. The summed E-state index contributed by atoms with van der Waals surface area (Å²) >= 11 is 0. The van der Waals surface area contributed by atoms with Gasteiger partial charge in [-0.25, -0.2) is 4.39 Å². The molecule has 1 atom stereocenters. The third kappa shape index (κ3) is 1.80. The SMILES string of the molecule is COc1ccc2cc(C(F)CN)[nH]c2c1. The Hall–Kier alpha value is -1.55. The third-order valence-corrected chi connectivity index (χ3v) is 2.39. The number of fused-ring (bicyclic) bond motifs is 1. The molecule has 1 heterocycles. The van der Waals surface area contributed by atoms with Gasteiger partial charge in [-0.2, -0.15) is 0 Å². The van der Waals surface area contributed by atoms with E-state index in [0.717, 1.165) is 16.7 Å². The Morgan fingerprint density at radius 1 is 1.47 bits per heavy atom. The van der Waals surface area contributed by atoms with E-state index in [1.54, 1.807) is 13.2 Å². The topological polar surface area (TPSA) is 51.0 Å². The van der Waals surface area contributed by atoms with Gasteiger partial charge in [0.15, 0.2) is 6.17 Å². The van der Waals surface area contributed by atoms with Gasteiger partial charge in [0.05, 0.1) is 12.8 Å². The van der Waals surface area contributed by atoms with Crippen LogP contribution in [-0.4, -0.2) is 18.6 Å². The second-order valence-electron chi connectivity index (χ2n) is 3.38. The van der Waals surface area contributed by atoms with Crippen LogP contribution in [-0.2, 0) is 0 Å². The highest BCUT2D eigenvalue weighted by atomic mass is 19.1. The lowest BCUT2D eigenvalue weighted by molar-refractivity contribution is 0.346. The van der Waals surface area contributed by atoms with E-state index in [1.807, 2.05) is 18.2 Å². The molecule has 15 heavy (non-hydrogen) atoms. The van der Waals surface area contributed by atoms with E-state index in [1.165, 1.54) is 0 Å². The maximum atomic E-state index is 13.3. The lowest BCUT2D eigenvalue weighted by atomic mass is 10.2. The number of benzene rings is 1. The summed E-state index contributed by atoms with van der Waals surface area (Å²) in [6, 6.07) is 7.33. The van der Waals surface area contributed by atoms with Gasteiger partial charge in [0.1, 0.15) is 5.75 Å². The van der Waals surface area contributed by atoms with E-state index in [-0.39, 0.29) is 6.54 Å². The second-order valence-corrected chi connectivity index (χ2v) is 3.38. The summed E-state index contributed by atoms with van der Waals surface area (Å²) in [5.41, 5.74) is 6.64. The van der Waals surface area contributed by atoms with Gasteiger partial charge in [-0.3, -0.25) is 0 Å². The van der Waals surface area contributed by atoms with Crippen LogP contribution in [0.2, 0.25) is 0 Å². The van der Waals surface area contributed by atoms with Crippen molar-refractivity contribution < 1.29 is 9.13 Å². The zero-order chi connectivity index (χ0) is 10.8. The van der Waals surface area contributed by atoms with E-state index < -0.39 is 6.17 Å². The molecule has 0 aliphatic carbocycles. The molecule has 0 fully saturated rings. The number of nitrogens with one attached hydrogen (secondary N) is 1. The summed E-state index contributed by atoms with van der Waals surface area (Å²) in [6.07, 6.45) is -1.14. The molecule has 1 aromatic heterocycles.